The molecule has 0 aromatic heterocycles. The molecule has 3 nitrogen and oxygen atoms in total. The van der Waals surface area contributed by atoms with Gasteiger partial charge < -0.3 is 10.4 Å². The second-order valence-corrected chi connectivity index (χ2v) is 5.16. The Kier molecular flexibility index (Phi) is 5.52. The molecule has 1 unspecified atom stereocenters. The van der Waals surface area contributed by atoms with Crippen LogP contribution in [0.5, 0.6) is 0 Å². The number of amides is 1. The van der Waals surface area contributed by atoms with Crippen molar-refractivity contribution in [1.82, 2.24) is 5.32 Å². The number of aryl methyl sites for hydroxylation is 2. The van der Waals surface area contributed by atoms with Gasteiger partial charge in [0, 0.05) is 13.0 Å². The normalized spacial score (nSPS) is 11.9. The Morgan fingerprint density at radius 1 is 1.10 bits per heavy atom. The van der Waals surface area contributed by atoms with Crippen molar-refractivity contribution in [3.8, 4) is 0 Å². The van der Waals surface area contributed by atoms with E-state index in [-0.39, 0.29) is 12.5 Å². The van der Waals surface area contributed by atoms with Gasteiger partial charge >= 0.3 is 0 Å². The molecule has 110 valence electrons. The minimum Gasteiger partial charge on any atom is -0.387 e. The van der Waals surface area contributed by atoms with Gasteiger partial charge in [-0.25, -0.2) is 0 Å². The van der Waals surface area contributed by atoms with Gasteiger partial charge in [0.1, 0.15) is 0 Å². The van der Waals surface area contributed by atoms with Crippen LogP contribution in [0.25, 0.3) is 0 Å². The van der Waals surface area contributed by atoms with E-state index in [0.717, 1.165) is 16.7 Å². The van der Waals surface area contributed by atoms with Crippen molar-refractivity contribution in [2.75, 3.05) is 6.54 Å². The highest BCUT2D eigenvalue weighted by atomic mass is 16.3. The molecule has 0 radical (unpaired) electrons. The quantitative estimate of drug-likeness (QED) is 0.856. The second kappa shape index (κ2) is 7.60. The third-order valence-corrected chi connectivity index (χ3v) is 3.52. The molecule has 1 atom stereocenters. The molecule has 1 amide bonds. The van der Waals surface area contributed by atoms with Gasteiger partial charge in [0.25, 0.3) is 0 Å². The maximum atomic E-state index is 11.8. The van der Waals surface area contributed by atoms with Crippen molar-refractivity contribution in [1.29, 1.82) is 0 Å². The average molecular weight is 283 g/mol. The van der Waals surface area contributed by atoms with Crippen molar-refractivity contribution < 1.29 is 9.90 Å². The van der Waals surface area contributed by atoms with E-state index in [9.17, 15) is 9.90 Å². The Morgan fingerprint density at radius 2 is 1.76 bits per heavy atom. The van der Waals surface area contributed by atoms with Crippen LogP contribution in [0.4, 0.5) is 0 Å². The van der Waals surface area contributed by atoms with E-state index >= 15 is 0 Å². The van der Waals surface area contributed by atoms with Gasteiger partial charge in [0.15, 0.2) is 0 Å². The minimum absolute atomic E-state index is 0.0357. The summed E-state index contributed by atoms with van der Waals surface area (Å²) in [6.07, 6.45) is 0.490. The Bertz CT molecular complexity index is 581. The first-order valence-electron chi connectivity index (χ1n) is 7.21. The Labute approximate surface area is 125 Å². The van der Waals surface area contributed by atoms with E-state index in [1.54, 1.807) is 0 Å². The van der Waals surface area contributed by atoms with Gasteiger partial charge in [-0.2, -0.15) is 0 Å². The highest BCUT2D eigenvalue weighted by Crippen LogP contribution is 2.16. The van der Waals surface area contributed by atoms with Crippen LogP contribution in [0, 0.1) is 6.92 Å². The summed E-state index contributed by atoms with van der Waals surface area (Å²) in [5, 5.41) is 12.9. The van der Waals surface area contributed by atoms with Gasteiger partial charge in [-0.05, 0) is 30.0 Å². The molecule has 0 aliphatic carbocycles. The molecule has 0 fully saturated rings. The first-order chi connectivity index (χ1) is 10.2. The maximum Gasteiger partial charge on any atom is 0.220 e. The molecule has 0 bridgehead atoms. The van der Waals surface area contributed by atoms with Gasteiger partial charge in [-0.3, -0.25) is 4.79 Å². The van der Waals surface area contributed by atoms with E-state index in [1.165, 1.54) is 0 Å². The summed E-state index contributed by atoms with van der Waals surface area (Å²) < 4.78 is 0. The van der Waals surface area contributed by atoms with Crippen molar-refractivity contribution >= 4 is 5.91 Å². The van der Waals surface area contributed by atoms with E-state index in [2.05, 4.69) is 5.32 Å². The van der Waals surface area contributed by atoms with Crippen LogP contribution in [-0.4, -0.2) is 17.6 Å². The van der Waals surface area contributed by atoms with E-state index in [1.807, 2.05) is 61.5 Å². The van der Waals surface area contributed by atoms with Crippen LogP contribution in [0.2, 0.25) is 0 Å². The molecule has 0 aliphatic heterocycles. The molecule has 0 saturated heterocycles. The van der Waals surface area contributed by atoms with Crippen LogP contribution in [-0.2, 0) is 11.2 Å². The van der Waals surface area contributed by atoms with E-state index in [4.69, 9.17) is 0 Å². The lowest BCUT2D eigenvalue weighted by molar-refractivity contribution is -0.121. The number of hydrogen-bond acceptors (Lipinski definition) is 2. The fourth-order valence-electron chi connectivity index (χ4n) is 2.27. The molecule has 0 saturated carbocycles. The zero-order valence-electron chi connectivity index (χ0n) is 12.3. The SMILES string of the molecule is Cc1ccccc1C(O)CNC(=O)CCc1ccccc1. The molecule has 0 aliphatic rings. The molecule has 2 aromatic rings. The lowest BCUT2D eigenvalue weighted by atomic mass is 10.0. The van der Waals surface area contributed by atoms with Gasteiger partial charge in [0.05, 0.1) is 6.10 Å². The predicted molar refractivity (Wildman–Crippen MR) is 83.9 cm³/mol. The lowest BCUT2D eigenvalue weighted by Crippen LogP contribution is -2.28. The number of carbonyl (C=O) groups excluding carboxylic acids is 1. The summed E-state index contributed by atoms with van der Waals surface area (Å²) in [6, 6.07) is 17.6. The van der Waals surface area contributed by atoms with E-state index in [0.29, 0.717) is 12.8 Å². The molecule has 0 spiro atoms. The summed E-state index contributed by atoms with van der Waals surface area (Å²) in [5.74, 6) is -0.0357. The number of benzene rings is 2. The molecule has 2 rings (SSSR count). The highest BCUT2D eigenvalue weighted by Gasteiger charge is 2.11. The molecule has 0 heterocycles. The molecular weight excluding hydrogens is 262 g/mol. The Balaban J connectivity index is 1.77. The fraction of sp³-hybridized carbons (Fsp3) is 0.278. The standard InChI is InChI=1S/C18H21NO2/c1-14-7-5-6-10-16(14)17(20)13-19-18(21)12-11-15-8-3-2-4-9-15/h2-10,17,20H,11-13H2,1H3,(H,19,21). The molecular formula is C18H21NO2. The number of nitrogens with one attached hydrogen (secondary N) is 1. The Hall–Kier alpha value is -2.13. The van der Waals surface area contributed by atoms with Crippen LogP contribution in [0.3, 0.4) is 0 Å². The van der Waals surface area contributed by atoms with Crippen molar-refractivity contribution in [2.24, 2.45) is 0 Å². The molecule has 2 aromatic carbocycles. The van der Waals surface area contributed by atoms with Gasteiger partial charge in [-0.1, -0.05) is 54.6 Å². The molecule has 21 heavy (non-hydrogen) atoms. The Morgan fingerprint density at radius 3 is 2.48 bits per heavy atom. The number of rotatable bonds is 6. The minimum atomic E-state index is -0.660. The maximum absolute atomic E-state index is 11.8. The largest absolute Gasteiger partial charge is 0.387 e. The summed E-state index contributed by atoms with van der Waals surface area (Å²) in [6.45, 7) is 2.20. The highest BCUT2D eigenvalue weighted by molar-refractivity contribution is 5.76. The van der Waals surface area contributed by atoms with Gasteiger partial charge in [0.2, 0.25) is 5.91 Å². The predicted octanol–water partition coefficient (Wildman–Crippen LogP) is 2.78. The van der Waals surface area contributed by atoms with Crippen LogP contribution in [0.1, 0.15) is 29.2 Å². The van der Waals surface area contributed by atoms with Crippen LogP contribution >= 0.6 is 0 Å². The number of carbonyl (C=O) groups is 1. The van der Waals surface area contributed by atoms with E-state index < -0.39 is 6.10 Å². The van der Waals surface area contributed by atoms with Gasteiger partial charge in [-0.15, -0.1) is 0 Å². The first kappa shape index (κ1) is 15.3. The summed E-state index contributed by atoms with van der Waals surface area (Å²) in [4.78, 5) is 11.8. The average Bonchev–Trinajstić information content (AvgIpc) is 2.52. The first-order valence-corrected chi connectivity index (χ1v) is 7.21. The number of hydrogen-bond donors (Lipinski definition) is 2. The third kappa shape index (κ3) is 4.72. The summed E-state index contributed by atoms with van der Waals surface area (Å²) in [7, 11) is 0. The molecule has 3 heteroatoms. The monoisotopic (exact) mass is 283 g/mol. The zero-order valence-corrected chi connectivity index (χ0v) is 12.3. The lowest BCUT2D eigenvalue weighted by Gasteiger charge is -2.14. The summed E-state index contributed by atoms with van der Waals surface area (Å²) in [5.41, 5.74) is 3.04. The second-order valence-electron chi connectivity index (χ2n) is 5.16. The van der Waals surface area contributed by atoms with Crippen molar-refractivity contribution in [3.05, 3.63) is 71.3 Å². The smallest absolute Gasteiger partial charge is 0.220 e. The summed E-state index contributed by atoms with van der Waals surface area (Å²) >= 11 is 0. The zero-order chi connectivity index (χ0) is 15.1. The van der Waals surface area contributed by atoms with Crippen LogP contribution in [0.15, 0.2) is 54.6 Å². The third-order valence-electron chi connectivity index (χ3n) is 3.52. The number of aliphatic hydroxyl groups excluding tert-OH is 1. The van der Waals surface area contributed by atoms with Crippen LogP contribution < -0.4 is 5.32 Å². The molecule has 2 N–H and O–H groups in total. The fourth-order valence-corrected chi connectivity index (χ4v) is 2.27. The number of aliphatic hydroxyl groups is 1. The van der Waals surface area contributed by atoms with Crippen molar-refractivity contribution in [2.45, 2.75) is 25.9 Å². The topological polar surface area (TPSA) is 49.3 Å². The van der Waals surface area contributed by atoms with Crippen molar-refractivity contribution in [3.63, 3.8) is 0 Å².